The Labute approximate surface area is 248 Å². The average Bonchev–Trinajstić information content (AvgIpc) is 3.34. The molecule has 2 aromatic rings. The molecule has 2 aromatic carbocycles. The van der Waals surface area contributed by atoms with Crippen molar-refractivity contribution in [3.05, 3.63) is 71.3 Å². The van der Waals surface area contributed by atoms with Crippen LogP contribution in [0.15, 0.2) is 54.6 Å². The third kappa shape index (κ3) is 5.34. The molecule has 0 aromatic heterocycles. The van der Waals surface area contributed by atoms with E-state index in [1.54, 1.807) is 7.11 Å². The zero-order valence-corrected chi connectivity index (χ0v) is 24.9. The molecule has 4 aliphatic heterocycles. The van der Waals surface area contributed by atoms with Gasteiger partial charge in [-0.25, -0.2) is 0 Å². The number of hydrogen-bond donors (Lipinski definition) is 2. The molecule has 2 N–H and O–H groups in total. The Morgan fingerprint density at radius 3 is 2.52 bits per heavy atom. The van der Waals surface area contributed by atoms with Crippen LogP contribution in [0.3, 0.4) is 0 Å². The Morgan fingerprint density at radius 1 is 1.10 bits per heavy atom. The summed E-state index contributed by atoms with van der Waals surface area (Å²) in [4.78, 5) is 17.1. The van der Waals surface area contributed by atoms with E-state index in [0.29, 0.717) is 18.5 Å². The molecule has 0 saturated carbocycles. The zero-order chi connectivity index (χ0) is 29.4. The SMILES string of the molecule is CN1[C@@H]2CC[C@H]1CC(OC(=O)C(CO)c1ccccc1)C2.COc1ccc2c3c1O[C@H]1C[C@@H](O)C=C[C@@]31CCN(C)C2. The summed E-state index contributed by atoms with van der Waals surface area (Å²) < 4.78 is 17.5. The second kappa shape index (κ2) is 12.0. The van der Waals surface area contributed by atoms with Crippen LogP contribution in [-0.4, -0.2) is 90.7 Å². The lowest BCUT2D eigenvalue weighted by molar-refractivity contribution is -0.155. The van der Waals surface area contributed by atoms with Gasteiger partial charge in [-0.3, -0.25) is 4.79 Å². The summed E-state index contributed by atoms with van der Waals surface area (Å²) >= 11 is 0. The Kier molecular flexibility index (Phi) is 8.33. The lowest BCUT2D eigenvalue weighted by Crippen LogP contribution is -2.43. The van der Waals surface area contributed by atoms with E-state index in [0.717, 1.165) is 49.4 Å². The number of ether oxygens (including phenoxy) is 3. The Morgan fingerprint density at radius 2 is 1.83 bits per heavy atom. The number of benzene rings is 2. The van der Waals surface area contributed by atoms with Gasteiger partial charge in [0.15, 0.2) is 11.5 Å². The van der Waals surface area contributed by atoms with Crippen LogP contribution in [-0.2, 0) is 21.5 Å². The maximum Gasteiger partial charge on any atom is 0.316 e. The molecule has 0 radical (unpaired) electrons. The minimum Gasteiger partial charge on any atom is -0.493 e. The molecule has 2 fully saturated rings. The molecule has 42 heavy (non-hydrogen) atoms. The topological polar surface area (TPSA) is 91.7 Å². The fraction of sp³-hybridized carbons (Fsp3) is 0.559. The van der Waals surface area contributed by atoms with Crippen LogP contribution in [0.5, 0.6) is 11.5 Å². The first-order valence-electron chi connectivity index (χ1n) is 15.3. The average molecular weight is 577 g/mol. The molecular weight excluding hydrogens is 532 g/mol. The lowest BCUT2D eigenvalue weighted by Gasteiger charge is -2.36. The number of fused-ring (bicyclic) bond motifs is 2. The summed E-state index contributed by atoms with van der Waals surface area (Å²) in [6.07, 6.45) is 9.64. The van der Waals surface area contributed by atoms with Crippen molar-refractivity contribution in [1.82, 2.24) is 9.80 Å². The number of methoxy groups -OCH3 is 1. The molecular formula is C34H44N2O6. The monoisotopic (exact) mass is 576 g/mol. The van der Waals surface area contributed by atoms with Crippen molar-refractivity contribution in [2.24, 2.45) is 0 Å². The minimum absolute atomic E-state index is 0.00367. The van der Waals surface area contributed by atoms with Crippen molar-refractivity contribution in [1.29, 1.82) is 0 Å². The highest BCUT2D eigenvalue weighted by atomic mass is 16.5. The molecule has 1 spiro atoms. The van der Waals surface area contributed by atoms with Gasteiger partial charge in [-0.1, -0.05) is 48.6 Å². The van der Waals surface area contributed by atoms with E-state index < -0.39 is 12.0 Å². The number of aliphatic hydroxyl groups is 2. The maximum atomic E-state index is 12.4. The molecule has 0 amide bonds. The van der Waals surface area contributed by atoms with E-state index in [2.05, 4.69) is 36.0 Å². The first-order valence-corrected chi connectivity index (χ1v) is 15.3. The standard InChI is InChI=1S/C17H21NO3.C17H23NO3/c1-18-8-7-17-6-5-12(19)9-14(17)21-16-13(20-2)4-3-11(10-18)15(16)17;1-18-13-7-8-14(18)10-15(9-13)21-17(20)16(11-19)12-5-3-2-4-6-12/h3-6,12,14,19H,7-10H2,1-2H3;2-6,13-16,19H,7-11H2,1H3/t12-,14-,17-;13-,14+,15?,16?/m0./s1. The minimum atomic E-state index is -0.566. The fourth-order valence-electron chi connectivity index (χ4n) is 7.78. The highest BCUT2D eigenvalue weighted by molar-refractivity contribution is 5.78. The van der Waals surface area contributed by atoms with E-state index in [-0.39, 0.29) is 30.2 Å². The van der Waals surface area contributed by atoms with Gasteiger partial charge in [0.05, 0.1) is 25.2 Å². The lowest BCUT2D eigenvalue weighted by atomic mass is 9.69. The summed E-state index contributed by atoms with van der Waals surface area (Å²) in [5.74, 6) is 0.824. The molecule has 2 saturated heterocycles. The quantitative estimate of drug-likeness (QED) is 0.411. The summed E-state index contributed by atoms with van der Waals surface area (Å²) in [6.45, 7) is 1.75. The molecule has 7 atom stereocenters. The number of piperidine rings is 1. The fourth-order valence-corrected chi connectivity index (χ4v) is 7.78. The number of nitrogens with zero attached hydrogens (tertiary/aromatic N) is 2. The van der Waals surface area contributed by atoms with Gasteiger partial charge in [0.1, 0.15) is 18.1 Å². The first-order chi connectivity index (χ1) is 20.3. The highest BCUT2D eigenvalue weighted by Crippen LogP contribution is 2.55. The highest BCUT2D eigenvalue weighted by Gasteiger charge is 2.52. The second-order valence-corrected chi connectivity index (χ2v) is 12.7. The number of carbonyl (C=O) groups is 1. The molecule has 8 nitrogen and oxygen atoms in total. The van der Waals surface area contributed by atoms with Crippen LogP contribution in [0.2, 0.25) is 0 Å². The molecule has 226 valence electrons. The smallest absolute Gasteiger partial charge is 0.316 e. The van der Waals surface area contributed by atoms with Crippen LogP contribution < -0.4 is 9.47 Å². The van der Waals surface area contributed by atoms with Crippen LogP contribution >= 0.6 is 0 Å². The second-order valence-electron chi connectivity index (χ2n) is 12.7. The van der Waals surface area contributed by atoms with Gasteiger partial charge in [0, 0.05) is 30.6 Å². The number of carbonyl (C=O) groups excluding carboxylic acids is 1. The Hall–Kier alpha value is -2.91. The van der Waals surface area contributed by atoms with Gasteiger partial charge in [0.25, 0.3) is 0 Å². The van der Waals surface area contributed by atoms with E-state index in [1.165, 1.54) is 24.0 Å². The van der Waals surface area contributed by atoms with Crippen LogP contribution in [0.4, 0.5) is 0 Å². The van der Waals surface area contributed by atoms with Crippen molar-refractivity contribution < 1.29 is 29.2 Å². The molecule has 2 unspecified atom stereocenters. The van der Waals surface area contributed by atoms with Crippen molar-refractivity contribution in [3.63, 3.8) is 0 Å². The van der Waals surface area contributed by atoms with Crippen molar-refractivity contribution >= 4 is 5.97 Å². The molecule has 4 heterocycles. The molecule has 1 aliphatic carbocycles. The first kappa shape index (κ1) is 29.2. The molecule has 2 bridgehead atoms. The van der Waals surface area contributed by atoms with E-state index in [9.17, 15) is 15.0 Å². The number of aliphatic hydroxyl groups excluding tert-OH is 2. The predicted octanol–water partition coefficient (Wildman–Crippen LogP) is 3.78. The summed E-state index contributed by atoms with van der Waals surface area (Å²) in [5.41, 5.74) is 3.30. The van der Waals surface area contributed by atoms with E-state index in [4.69, 9.17) is 14.2 Å². The van der Waals surface area contributed by atoms with Crippen molar-refractivity contribution in [2.75, 3.05) is 34.4 Å². The Bertz CT molecular complexity index is 1290. The number of esters is 1. The van der Waals surface area contributed by atoms with E-state index >= 15 is 0 Å². The van der Waals surface area contributed by atoms with Gasteiger partial charge >= 0.3 is 5.97 Å². The molecule has 5 aliphatic rings. The van der Waals surface area contributed by atoms with Gasteiger partial charge < -0.3 is 34.2 Å². The van der Waals surface area contributed by atoms with Crippen molar-refractivity contribution in [2.45, 2.75) is 86.8 Å². The zero-order valence-electron chi connectivity index (χ0n) is 24.9. The maximum absolute atomic E-state index is 12.4. The number of rotatable bonds is 5. The molecule has 7 rings (SSSR count). The largest absolute Gasteiger partial charge is 0.493 e. The summed E-state index contributed by atoms with van der Waals surface area (Å²) in [6, 6.07) is 14.6. The number of hydrogen-bond acceptors (Lipinski definition) is 8. The van der Waals surface area contributed by atoms with Gasteiger partial charge in [-0.15, -0.1) is 0 Å². The third-order valence-electron chi connectivity index (χ3n) is 10.2. The third-order valence-corrected chi connectivity index (χ3v) is 10.2. The van der Waals surface area contributed by atoms with Crippen molar-refractivity contribution in [3.8, 4) is 11.5 Å². The van der Waals surface area contributed by atoms with Gasteiger partial charge in [-0.05, 0) is 69.9 Å². The summed E-state index contributed by atoms with van der Waals surface area (Å²) in [7, 11) is 6.01. The molecule has 8 heteroatoms. The Balaban J connectivity index is 0.000000150. The predicted molar refractivity (Wildman–Crippen MR) is 160 cm³/mol. The van der Waals surface area contributed by atoms with Gasteiger partial charge in [-0.2, -0.15) is 0 Å². The van der Waals surface area contributed by atoms with Gasteiger partial charge in [0.2, 0.25) is 0 Å². The van der Waals surface area contributed by atoms with E-state index in [1.807, 2.05) is 42.5 Å². The van der Waals surface area contributed by atoms with Crippen LogP contribution in [0.1, 0.15) is 61.1 Å². The van der Waals surface area contributed by atoms with Crippen LogP contribution in [0, 0.1) is 0 Å². The van der Waals surface area contributed by atoms with Crippen LogP contribution in [0.25, 0.3) is 0 Å². The summed E-state index contributed by atoms with van der Waals surface area (Å²) in [5, 5.41) is 19.5. The normalized spacial score (nSPS) is 32.0.